The van der Waals surface area contributed by atoms with E-state index in [1.807, 2.05) is 121 Å². The minimum Gasteiger partial charge on any atom is -0.438 e. The van der Waals surface area contributed by atoms with E-state index in [2.05, 4.69) is 32.1 Å². The van der Waals surface area contributed by atoms with Crippen LogP contribution in [0.2, 0.25) is 0 Å². The molecule has 0 fully saturated rings. The zero-order valence-electron chi connectivity index (χ0n) is 37.5. The molecule has 5 aromatic carbocycles. The molecule has 0 amide bonds. The quantitative estimate of drug-likeness (QED) is 0.139. The largest absolute Gasteiger partial charge is 0.438 e. The number of nitrogens with one attached hydrogen (secondary N) is 1. The molecule has 3 N–H and O–H groups in total. The lowest BCUT2D eigenvalue weighted by Gasteiger charge is -2.08. The zero-order chi connectivity index (χ0) is 48.2. The summed E-state index contributed by atoms with van der Waals surface area (Å²) in [5.41, 5.74) is 11.4. The third-order valence-electron chi connectivity index (χ3n) is 10.8. The van der Waals surface area contributed by atoms with E-state index in [1.54, 1.807) is 88.5 Å². The number of benzene rings is 5. The molecule has 15 heteroatoms. The van der Waals surface area contributed by atoms with Gasteiger partial charge >= 0.3 is 0 Å². The predicted molar refractivity (Wildman–Crippen MR) is 272 cm³/mol. The van der Waals surface area contributed by atoms with Crippen LogP contribution in [0.1, 0.15) is 37.4 Å². The van der Waals surface area contributed by atoms with Gasteiger partial charge < -0.3 is 24.9 Å². The number of carbonyl (C=O) groups is 2. The summed E-state index contributed by atoms with van der Waals surface area (Å²) in [6, 6.07) is 55.0. The number of halogens is 1. The molecule has 6 aromatic heterocycles. The van der Waals surface area contributed by atoms with Crippen molar-refractivity contribution < 1.29 is 23.8 Å². The van der Waals surface area contributed by atoms with Gasteiger partial charge in [-0.05, 0) is 103 Å². The molecular formula is C56H40ClN9O5. The third-order valence-corrected chi connectivity index (χ3v) is 10.8. The van der Waals surface area contributed by atoms with Gasteiger partial charge in [0.25, 0.3) is 11.8 Å². The SMILES string of the molecule is Cl.N#Cc1ccnc(Oc2cccc3[nH]ccc23)c1.N#Cc1ccnc(Oc2cccc3c2ccn3C(=O)c2ccccc2)c1.NCc1ccnc(Oc2cccc3c2ccn3C(=O)c2ccccc2)c1. The van der Waals surface area contributed by atoms with Gasteiger partial charge in [-0.2, -0.15) is 10.5 Å². The summed E-state index contributed by atoms with van der Waals surface area (Å²) in [7, 11) is 0. The van der Waals surface area contributed by atoms with Crippen molar-refractivity contribution in [2.45, 2.75) is 6.54 Å². The monoisotopic (exact) mass is 953 g/mol. The van der Waals surface area contributed by atoms with Gasteiger partial charge in [-0.15, -0.1) is 12.4 Å². The second kappa shape index (κ2) is 22.3. The highest BCUT2D eigenvalue weighted by molar-refractivity contribution is 6.04. The molecule has 14 nitrogen and oxygen atoms in total. The molecule has 0 saturated heterocycles. The number of pyridine rings is 3. The fraction of sp³-hybridized carbons (Fsp3) is 0.0179. The molecule has 0 radical (unpaired) electrons. The fourth-order valence-electron chi connectivity index (χ4n) is 7.44. The smallest absolute Gasteiger partial charge is 0.262 e. The van der Waals surface area contributed by atoms with Crippen molar-refractivity contribution in [3.63, 3.8) is 0 Å². The Morgan fingerprint density at radius 3 is 1.45 bits per heavy atom. The Kier molecular flexibility index (Phi) is 15.0. The van der Waals surface area contributed by atoms with Gasteiger partial charge in [-0.1, -0.05) is 54.6 Å². The van der Waals surface area contributed by atoms with Gasteiger partial charge in [0.1, 0.15) is 17.2 Å². The number of rotatable bonds is 9. The Labute approximate surface area is 412 Å². The standard InChI is InChI=1S/C21H17N3O2.C21H13N3O2.C14H9N3O.ClH/c2*22-14-15-9-11-23-20(13-15)26-19-8-4-7-18-17(19)10-12-24(18)21(25)16-5-2-1-3-6-16;15-9-10-4-6-17-14(8-10)18-13-3-1-2-12-11(13)5-7-16-12;/h1-13H,14,22H2;1-13H;1-8,16H;1H. The molecule has 6 heterocycles. The van der Waals surface area contributed by atoms with Crippen LogP contribution in [0.3, 0.4) is 0 Å². The Morgan fingerprint density at radius 2 is 0.972 bits per heavy atom. The number of ether oxygens (including phenoxy) is 3. The van der Waals surface area contributed by atoms with Crippen LogP contribution in [0.5, 0.6) is 34.9 Å². The zero-order valence-corrected chi connectivity index (χ0v) is 38.3. The lowest BCUT2D eigenvalue weighted by molar-refractivity contribution is 0.0957. The summed E-state index contributed by atoms with van der Waals surface area (Å²) >= 11 is 0. The summed E-state index contributed by atoms with van der Waals surface area (Å²) in [5, 5.41) is 20.5. The average Bonchev–Trinajstić information content (AvgIpc) is 4.20. The molecule has 11 aromatic rings. The van der Waals surface area contributed by atoms with Gasteiger partial charge in [-0.25, -0.2) is 15.0 Å². The number of aromatic amines is 1. The molecule has 71 heavy (non-hydrogen) atoms. The van der Waals surface area contributed by atoms with Crippen molar-refractivity contribution in [3.8, 4) is 47.0 Å². The molecule has 346 valence electrons. The maximum atomic E-state index is 12.8. The number of nitrogens with zero attached hydrogens (tertiary/aromatic N) is 7. The van der Waals surface area contributed by atoms with E-state index in [9.17, 15) is 9.59 Å². The highest BCUT2D eigenvalue weighted by Gasteiger charge is 2.16. The third kappa shape index (κ3) is 11.0. The van der Waals surface area contributed by atoms with Crippen LogP contribution >= 0.6 is 12.4 Å². The number of nitriles is 2. The van der Waals surface area contributed by atoms with Crippen LogP contribution in [-0.4, -0.2) is 40.9 Å². The maximum Gasteiger partial charge on any atom is 0.262 e. The summed E-state index contributed by atoms with van der Waals surface area (Å²) in [6.45, 7) is 0.422. The van der Waals surface area contributed by atoms with E-state index < -0.39 is 0 Å². The maximum absolute atomic E-state index is 12.8. The molecular weight excluding hydrogens is 914 g/mol. The normalized spacial score (nSPS) is 10.4. The molecule has 0 saturated carbocycles. The Balaban J connectivity index is 0.000000144. The lowest BCUT2D eigenvalue weighted by Crippen LogP contribution is -2.10. The molecule has 0 aliphatic heterocycles. The highest BCUT2D eigenvalue weighted by Crippen LogP contribution is 2.33. The van der Waals surface area contributed by atoms with Crippen molar-refractivity contribution in [1.29, 1.82) is 10.5 Å². The van der Waals surface area contributed by atoms with Crippen LogP contribution in [0.15, 0.2) is 207 Å². The van der Waals surface area contributed by atoms with Crippen molar-refractivity contribution >= 4 is 56.9 Å². The van der Waals surface area contributed by atoms with Gasteiger partial charge in [-0.3, -0.25) is 18.7 Å². The summed E-state index contributed by atoms with van der Waals surface area (Å²) in [4.78, 5) is 41.1. The van der Waals surface area contributed by atoms with Gasteiger partial charge in [0.15, 0.2) is 0 Å². The minimum absolute atomic E-state index is 0. The van der Waals surface area contributed by atoms with E-state index in [4.69, 9.17) is 30.5 Å². The predicted octanol–water partition coefficient (Wildman–Crippen LogP) is 12.0. The van der Waals surface area contributed by atoms with Crippen LogP contribution in [-0.2, 0) is 6.54 Å². The summed E-state index contributed by atoms with van der Waals surface area (Å²) in [6.07, 6.45) is 10.1. The molecule has 0 aliphatic rings. The molecule has 0 bridgehead atoms. The number of carbonyl (C=O) groups excluding carboxylic acids is 2. The number of aromatic nitrogens is 6. The van der Waals surface area contributed by atoms with E-state index in [-0.39, 0.29) is 24.2 Å². The number of hydrogen-bond acceptors (Lipinski definition) is 11. The molecule has 0 aliphatic carbocycles. The molecule has 0 spiro atoms. The van der Waals surface area contributed by atoms with E-state index in [0.717, 1.165) is 44.0 Å². The topological polar surface area (TPSA) is 200 Å². The summed E-state index contributed by atoms with van der Waals surface area (Å²) < 4.78 is 20.7. The average molecular weight is 954 g/mol. The van der Waals surface area contributed by atoms with Crippen LogP contribution in [0.25, 0.3) is 32.7 Å². The fourth-order valence-corrected chi connectivity index (χ4v) is 7.44. The lowest BCUT2D eigenvalue weighted by atomic mass is 10.2. The molecule has 0 atom stereocenters. The Bertz CT molecular complexity index is 3730. The second-order valence-corrected chi connectivity index (χ2v) is 15.3. The van der Waals surface area contributed by atoms with Crippen LogP contribution in [0.4, 0.5) is 0 Å². The molecule has 11 rings (SSSR count). The van der Waals surface area contributed by atoms with Gasteiger partial charge in [0.2, 0.25) is 17.6 Å². The van der Waals surface area contributed by atoms with Crippen molar-refractivity contribution in [2.75, 3.05) is 0 Å². The van der Waals surface area contributed by atoms with Crippen LogP contribution < -0.4 is 19.9 Å². The van der Waals surface area contributed by atoms with Gasteiger partial charge in [0.05, 0.1) is 34.3 Å². The first-order valence-electron chi connectivity index (χ1n) is 21.8. The van der Waals surface area contributed by atoms with Crippen molar-refractivity contribution in [2.24, 2.45) is 5.73 Å². The number of nitrogens with two attached hydrogens (primary N) is 1. The van der Waals surface area contributed by atoms with Crippen LogP contribution in [0, 0.1) is 22.7 Å². The number of hydrogen-bond donors (Lipinski definition) is 2. The first-order valence-corrected chi connectivity index (χ1v) is 21.8. The first-order chi connectivity index (χ1) is 34.4. The molecule has 0 unspecified atom stereocenters. The summed E-state index contributed by atoms with van der Waals surface area (Å²) in [5.74, 6) is 2.97. The highest BCUT2D eigenvalue weighted by atomic mass is 35.5. The minimum atomic E-state index is -0.109. The second-order valence-electron chi connectivity index (χ2n) is 15.3. The van der Waals surface area contributed by atoms with E-state index >= 15 is 0 Å². The number of fused-ring (bicyclic) bond motifs is 3. The number of H-pyrrole nitrogens is 1. The first kappa shape index (κ1) is 47.6. The van der Waals surface area contributed by atoms with Crippen molar-refractivity contribution in [3.05, 3.63) is 235 Å². The van der Waals surface area contributed by atoms with Gasteiger partial charge in [0, 0.05) is 94.7 Å². The van der Waals surface area contributed by atoms with E-state index in [0.29, 0.717) is 57.9 Å². The van der Waals surface area contributed by atoms with Crippen molar-refractivity contribution in [1.82, 2.24) is 29.1 Å². The Hall–Kier alpha value is -9.86. The Morgan fingerprint density at radius 1 is 0.521 bits per heavy atom. The van der Waals surface area contributed by atoms with E-state index in [1.165, 1.54) is 6.20 Å².